The van der Waals surface area contributed by atoms with Crippen molar-refractivity contribution >= 4 is 23.7 Å². The number of nitrogens with zero attached hydrogens (tertiary/aromatic N) is 1. The molecule has 0 aliphatic carbocycles. The number of nitrogens with one attached hydrogen (secondary N) is 1. The summed E-state index contributed by atoms with van der Waals surface area (Å²) in [6.07, 6.45) is -1.61. The van der Waals surface area contributed by atoms with Gasteiger partial charge in [-0.1, -0.05) is 12.1 Å². The molecule has 0 radical (unpaired) electrons. The molecule has 0 bridgehead atoms. The Bertz CT molecular complexity index is 656. The van der Waals surface area contributed by atoms with Gasteiger partial charge >= 0.3 is 12.2 Å². The number of hydrogen-bond acceptors (Lipinski definition) is 5. The predicted octanol–water partition coefficient (Wildman–Crippen LogP) is 4.07. The zero-order valence-corrected chi connectivity index (χ0v) is 15.8. The number of hydrogen-bond donors (Lipinski definition) is 1. The van der Waals surface area contributed by atoms with E-state index in [1.807, 2.05) is 0 Å². The van der Waals surface area contributed by atoms with Gasteiger partial charge in [0.25, 0.3) is 0 Å². The molecular formula is C18H26N2O5. The molecule has 0 aliphatic heterocycles. The zero-order chi connectivity index (χ0) is 19.4. The van der Waals surface area contributed by atoms with E-state index < -0.39 is 23.4 Å². The van der Waals surface area contributed by atoms with Crippen LogP contribution in [-0.2, 0) is 9.47 Å². The van der Waals surface area contributed by atoms with Gasteiger partial charge in [0.1, 0.15) is 11.2 Å². The van der Waals surface area contributed by atoms with E-state index in [1.165, 1.54) is 13.0 Å². The van der Waals surface area contributed by atoms with Gasteiger partial charge in [-0.25, -0.2) is 15.0 Å². The number of rotatable bonds is 2. The number of carbonyl (C=O) groups excluding carboxylic acids is 3. The maximum atomic E-state index is 12.5. The molecule has 0 unspecified atom stereocenters. The van der Waals surface area contributed by atoms with Crippen LogP contribution in [-0.4, -0.2) is 29.2 Å². The third-order valence-corrected chi connectivity index (χ3v) is 2.69. The summed E-state index contributed by atoms with van der Waals surface area (Å²) in [5.41, 5.74) is 1.56. The van der Waals surface area contributed by atoms with E-state index in [1.54, 1.807) is 59.7 Å². The molecule has 1 aromatic carbocycles. The van der Waals surface area contributed by atoms with Crippen LogP contribution in [0.25, 0.3) is 0 Å². The van der Waals surface area contributed by atoms with E-state index in [0.717, 1.165) is 5.01 Å². The monoisotopic (exact) mass is 350 g/mol. The first-order valence-electron chi connectivity index (χ1n) is 7.92. The molecule has 0 saturated heterocycles. The number of ketones is 1. The predicted molar refractivity (Wildman–Crippen MR) is 94.5 cm³/mol. The lowest BCUT2D eigenvalue weighted by Gasteiger charge is -2.29. The van der Waals surface area contributed by atoms with Crippen molar-refractivity contribution in [1.82, 2.24) is 5.43 Å². The van der Waals surface area contributed by atoms with Gasteiger partial charge in [-0.05, 0) is 60.6 Å². The molecule has 0 aromatic heterocycles. The smallest absolute Gasteiger partial charge is 0.434 e. The quantitative estimate of drug-likeness (QED) is 0.642. The second-order valence-electron chi connectivity index (χ2n) is 7.54. The van der Waals surface area contributed by atoms with Gasteiger partial charge < -0.3 is 9.47 Å². The average Bonchev–Trinajstić information content (AvgIpc) is 2.41. The molecule has 0 heterocycles. The average molecular weight is 350 g/mol. The van der Waals surface area contributed by atoms with Gasteiger partial charge in [0, 0.05) is 5.56 Å². The number of carbonyl (C=O) groups is 3. The Kier molecular flexibility index (Phi) is 6.18. The molecule has 0 atom stereocenters. The van der Waals surface area contributed by atoms with Crippen LogP contribution in [0.5, 0.6) is 0 Å². The summed E-state index contributed by atoms with van der Waals surface area (Å²) in [4.78, 5) is 36.2. The van der Waals surface area contributed by atoms with Crippen LogP contribution in [0.15, 0.2) is 24.3 Å². The number of anilines is 1. The number of Topliss-reactive ketones (excluding diaryl/α,β-unsaturated/α-hetero) is 1. The summed E-state index contributed by atoms with van der Waals surface area (Å²) < 4.78 is 10.5. The van der Waals surface area contributed by atoms with Crippen molar-refractivity contribution < 1.29 is 23.9 Å². The molecule has 0 saturated carbocycles. The lowest BCUT2D eigenvalue weighted by molar-refractivity contribution is 0.0425. The van der Waals surface area contributed by atoms with Crippen LogP contribution in [0.1, 0.15) is 58.8 Å². The number of hydrazine groups is 1. The topological polar surface area (TPSA) is 84.9 Å². The standard InChI is InChI=1S/C18H26N2O5/c1-12(21)13-9-8-10-14(11-13)20(16(23)25-18(5,6)7)19-15(22)24-17(2,3)4/h8-11H,1-7H3,(H,19,22). The summed E-state index contributed by atoms with van der Waals surface area (Å²) >= 11 is 0. The largest absolute Gasteiger partial charge is 0.443 e. The second kappa shape index (κ2) is 7.55. The highest BCUT2D eigenvalue weighted by molar-refractivity contribution is 5.97. The van der Waals surface area contributed by atoms with E-state index >= 15 is 0 Å². The minimum absolute atomic E-state index is 0.164. The van der Waals surface area contributed by atoms with Gasteiger partial charge in [0.05, 0.1) is 5.69 Å². The van der Waals surface area contributed by atoms with Gasteiger partial charge in [0.15, 0.2) is 5.78 Å². The first kappa shape index (κ1) is 20.5. The van der Waals surface area contributed by atoms with Crippen LogP contribution in [0.2, 0.25) is 0 Å². The molecule has 7 heteroatoms. The Labute approximate surface area is 148 Å². The summed E-state index contributed by atoms with van der Waals surface area (Å²) in [6, 6.07) is 6.30. The highest BCUT2D eigenvalue weighted by Crippen LogP contribution is 2.19. The summed E-state index contributed by atoms with van der Waals surface area (Å²) in [5.74, 6) is -0.164. The van der Waals surface area contributed by atoms with Gasteiger partial charge in [-0.2, -0.15) is 5.01 Å². The Morgan fingerprint density at radius 2 is 1.52 bits per heavy atom. The summed E-state index contributed by atoms with van der Waals surface area (Å²) in [7, 11) is 0. The molecule has 1 rings (SSSR count). The van der Waals surface area contributed by atoms with Crippen molar-refractivity contribution in [2.75, 3.05) is 5.01 Å². The third-order valence-electron chi connectivity index (χ3n) is 2.69. The van der Waals surface area contributed by atoms with Crippen LogP contribution in [0, 0.1) is 0 Å². The number of benzene rings is 1. The molecule has 2 amide bonds. The van der Waals surface area contributed by atoms with E-state index in [0.29, 0.717) is 5.56 Å². The van der Waals surface area contributed by atoms with Gasteiger partial charge in [0.2, 0.25) is 0 Å². The number of amides is 2. The Hall–Kier alpha value is -2.57. The maximum absolute atomic E-state index is 12.5. The van der Waals surface area contributed by atoms with Crippen LogP contribution in [0.4, 0.5) is 15.3 Å². The molecule has 25 heavy (non-hydrogen) atoms. The van der Waals surface area contributed by atoms with Gasteiger partial charge in [-0.15, -0.1) is 0 Å². The minimum Gasteiger partial charge on any atom is -0.443 e. The Morgan fingerprint density at radius 1 is 0.960 bits per heavy atom. The highest BCUT2D eigenvalue weighted by atomic mass is 16.6. The summed E-state index contributed by atoms with van der Waals surface area (Å²) in [6.45, 7) is 11.7. The fourth-order valence-electron chi connectivity index (χ4n) is 1.78. The van der Waals surface area contributed by atoms with Crippen molar-refractivity contribution in [2.24, 2.45) is 0 Å². The molecular weight excluding hydrogens is 324 g/mol. The zero-order valence-electron chi connectivity index (χ0n) is 15.8. The Morgan fingerprint density at radius 3 is 2.00 bits per heavy atom. The molecule has 1 N–H and O–H groups in total. The molecule has 7 nitrogen and oxygen atoms in total. The van der Waals surface area contributed by atoms with E-state index in [-0.39, 0.29) is 11.5 Å². The second-order valence-corrected chi connectivity index (χ2v) is 7.54. The molecule has 0 spiro atoms. The normalized spacial score (nSPS) is 11.5. The van der Waals surface area contributed by atoms with Crippen LogP contribution >= 0.6 is 0 Å². The van der Waals surface area contributed by atoms with Crippen molar-refractivity contribution in [3.8, 4) is 0 Å². The molecule has 1 aromatic rings. The van der Waals surface area contributed by atoms with E-state index in [2.05, 4.69) is 5.43 Å². The van der Waals surface area contributed by atoms with Crippen molar-refractivity contribution in [1.29, 1.82) is 0 Å². The molecule has 138 valence electrons. The first-order valence-corrected chi connectivity index (χ1v) is 7.92. The lowest BCUT2D eigenvalue weighted by Crippen LogP contribution is -2.50. The minimum atomic E-state index is -0.813. The third kappa shape index (κ3) is 7.24. The first-order chi connectivity index (χ1) is 11.3. The van der Waals surface area contributed by atoms with Crippen LogP contribution < -0.4 is 10.4 Å². The molecule has 0 fully saturated rings. The fourth-order valence-corrected chi connectivity index (χ4v) is 1.78. The number of ether oxygens (including phenoxy) is 2. The molecule has 0 aliphatic rings. The van der Waals surface area contributed by atoms with E-state index in [4.69, 9.17) is 9.47 Å². The summed E-state index contributed by atoms with van der Waals surface area (Å²) in [5, 5.41) is 0.922. The van der Waals surface area contributed by atoms with Crippen molar-refractivity contribution in [3.63, 3.8) is 0 Å². The SMILES string of the molecule is CC(=O)c1cccc(N(NC(=O)OC(C)(C)C)C(=O)OC(C)(C)C)c1. The lowest BCUT2D eigenvalue weighted by atomic mass is 10.1. The van der Waals surface area contributed by atoms with Crippen molar-refractivity contribution in [3.05, 3.63) is 29.8 Å². The van der Waals surface area contributed by atoms with E-state index in [9.17, 15) is 14.4 Å². The highest BCUT2D eigenvalue weighted by Gasteiger charge is 2.27. The van der Waals surface area contributed by atoms with Crippen molar-refractivity contribution in [2.45, 2.75) is 59.7 Å². The van der Waals surface area contributed by atoms with Crippen LogP contribution in [0.3, 0.4) is 0 Å². The Balaban J connectivity index is 3.15. The fraction of sp³-hybridized carbons (Fsp3) is 0.500. The maximum Gasteiger partial charge on any atom is 0.434 e. The van der Waals surface area contributed by atoms with Gasteiger partial charge in [-0.3, -0.25) is 4.79 Å².